The summed E-state index contributed by atoms with van der Waals surface area (Å²) in [4.78, 5) is 28.0. The van der Waals surface area contributed by atoms with Gasteiger partial charge in [0.15, 0.2) is 11.7 Å². The largest absolute Gasteiger partial charge is 0.508 e. The number of amides is 1. The Balaban J connectivity index is 1.58. The lowest BCUT2D eigenvalue weighted by Crippen LogP contribution is -2.20. The molecule has 3 rings (SSSR count). The summed E-state index contributed by atoms with van der Waals surface area (Å²) >= 11 is 4.71. The van der Waals surface area contributed by atoms with Crippen molar-refractivity contribution in [1.29, 1.82) is 0 Å². The van der Waals surface area contributed by atoms with E-state index in [-0.39, 0.29) is 11.3 Å². The van der Waals surface area contributed by atoms with Crippen molar-refractivity contribution < 1.29 is 19.4 Å². The fraction of sp³-hybridized carbons (Fsp3) is 0.0625. The highest BCUT2D eigenvalue weighted by atomic mass is 79.9. The van der Waals surface area contributed by atoms with E-state index >= 15 is 0 Å². The van der Waals surface area contributed by atoms with E-state index in [0.717, 1.165) is 14.7 Å². The summed E-state index contributed by atoms with van der Waals surface area (Å²) in [6.45, 7) is -0.417. The molecule has 0 aliphatic rings. The molecule has 2 N–H and O–H groups in total. The van der Waals surface area contributed by atoms with Gasteiger partial charge >= 0.3 is 5.97 Å². The van der Waals surface area contributed by atoms with Gasteiger partial charge in [0.05, 0.1) is 15.8 Å². The summed E-state index contributed by atoms with van der Waals surface area (Å²) in [5.74, 6) is -1.06. The quantitative estimate of drug-likeness (QED) is 0.646. The van der Waals surface area contributed by atoms with Crippen molar-refractivity contribution in [2.24, 2.45) is 0 Å². The molecule has 0 fully saturated rings. The number of carbonyl (C=O) groups is 2. The van der Waals surface area contributed by atoms with Gasteiger partial charge in [-0.25, -0.2) is 9.78 Å². The van der Waals surface area contributed by atoms with E-state index in [1.807, 2.05) is 18.2 Å². The Morgan fingerprint density at radius 3 is 2.71 bits per heavy atom. The highest BCUT2D eigenvalue weighted by Crippen LogP contribution is 2.28. The van der Waals surface area contributed by atoms with Gasteiger partial charge in [-0.2, -0.15) is 0 Å². The van der Waals surface area contributed by atoms with Gasteiger partial charge in [-0.1, -0.05) is 27.3 Å². The van der Waals surface area contributed by atoms with Gasteiger partial charge in [-0.15, -0.1) is 0 Å². The molecular weight excluding hydrogens is 396 g/mol. The van der Waals surface area contributed by atoms with Crippen LogP contribution in [0.15, 0.2) is 46.9 Å². The number of nitrogens with one attached hydrogen (secondary N) is 1. The highest BCUT2D eigenvalue weighted by Gasteiger charge is 2.12. The van der Waals surface area contributed by atoms with Crippen molar-refractivity contribution in [2.45, 2.75) is 0 Å². The van der Waals surface area contributed by atoms with E-state index in [4.69, 9.17) is 4.74 Å². The number of fused-ring (bicyclic) bond motifs is 1. The van der Waals surface area contributed by atoms with Crippen molar-refractivity contribution in [3.63, 3.8) is 0 Å². The normalized spacial score (nSPS) is 10.5. The third-order valence-corrected chi connectivity index (χ3v) is 4.46. The van der Waals surface area contributed by atoms with Crippen LogP contribution in [0.3, 0.4) is 0 Å². The molecule has 0 radical (unpaired) electrons. The van der Waals surface area contributed by atoms with Gasteiger partial charge in [0.25, 0.3) is 5.91 Å². The Morgan fingerprint density at radius 2 is 1.96 bits per heavy atom. The molecule has 0 spiro atoms. The number of phenolic OH excluding ortho intramolecular Hbond substituents is 1. The Bertz CT molecular complexity index is 908. The van der Waals surface area contributed by atoms with Crippen LogP contribution in [-0.4, -0.2) is 28.6 Å². The third-order valence-electron chi connectivity index (χ3n) is 3.03. The molecule has 0 atom stereocenters. The number of benzene rings is 2. The SMILES string of the molecule is O=C(COC(=O)c1ccc(O)cc1)Nc1nc2ccc(Br)cc2s1. The number of anilines is 1. The van der Waals surface area contributed by atoms with Crippen LogP contribution >= 0.6 is 27.3 Å². The minimum atomic E-state index is -0.640. The molecule has 122 valence electrons. The molecule has 0 aliphatic carbocycles. The minimum Gasteiger partial charge on any atom is -0.508 e. The number of aromatic nitrogens is 1. The molecule has 0 aliphatic heterocycles. The van der Waals surface area contributed by atoms with Gasteiger partial charge in [0.1, 0.15) is 5.75 Å². The number of ether oxygens (including phenoxy) is 1. The number of hydrogen-bond acceptors (Lipinski definition) is 6. The van der Waals surface area contributed by atoms with E-state index in [0.29, 0.717) is 5.13 Å². The van der Waals surface area contributed by atoms with E-state index < -0.39 is 18.5 Å². The van der Waals surface area contributed by atoms with Crippen LogP contribution in [0.2, 0.25) is 0 Å². The first kappa shape index (κ1) is 16.4. The van der Waals surface area contributed by atoms with Crippen LogP contribution in [0.4, 0.5) is 5.13 Å². The number of carbonyl (C=O) groups excluding carboxylic acids is 2. The summed E-state index contributed by atoms with van der Waals surface area (Å²) in [6.07, 6.45) is 0. The summed E-state index contributed by atoms with van der Waals surface area (Å²) in [7, 11) is 0. The van der Waals surface area contributed by atoms with Gasteiger partial charge in [0.2, 0.25) is 0 Å². The predicted octanol–water partition coefficient (Wildman–Crippen LogP) is 3.56. The Labute approximate surface area is 149 Å². The summed E-state index contributed by atoms with van der Waals surface area (Å²) in [5, 5.41) is 12.2. The predicted molar refractivity (Wildman–Crippen MR) is 94.3 cm³/mol. The Hall–Kier alpha value is -2.45. The Morgan fingerprint density at radius 1 is 1.21 bits per heavy atom. The molecule has 8 heteroatoms. The van der Waals surface area contributed by atoms with Crippen molar-refractivity contribution in [2.75, 3.05) is 11.9 Å². The fourth-order valence-corrected chi connectivity index (χ4v) is 3.35. The first-order chi connectivity index (χ1) is 11.5. The molecular formula is C16H11BrN2O4S. The van der Waals surface area contributed by atoms with E-state index in [1.54, 1.807) is 0 Å². The topological polar surface area (TPSA) is 88.5 Å². The minimum absolute atomic E-state index is 0.0479. The van der Waals surface area contributed by atoms with Crippen LogP contribution in [0, 0.1) is 0 Å². The van der Waals surface area contributed by atoms with Crippen LogP contribution in [0.25, 0.3) is 10.2 Å². The van der Waals surface area contributed by atoms with Crippen LogP contribution in [0.5, 0.6) is 5.75 Å². The highest BCUT2D eigenvalue weighted by molar-refractivity contribution is 9.10. The molecule has 0 saturated heterocycles. The standard InChI is InChI=1S/C16H11BrN2O4S/c17-10-3-6-12-13(7-10)24-16(18-12)19-14(21)8-23-15(22)9-1-4-11(20)5-2-9/h1-7,20H,8H2,(H,18,19,21). The number of phenols is 1. The average molecular weight is 407 g/mol. The molecule has 0 unspecified atom stereocenters. The van der Waals surface area contributed by atoms with Crippen LogP contribution < -0.4 is 5.32 Å². The van der Waals surface area contributed by atoms with Crippen LogP contribution in [-0.2, 0) is 9.53 Å². The maximum Gasteiger partial charge on any atom is 0.338 e. The fourth-order valence-electron chi connectivity index (χ4n) is 1.92. The van der Waals surface area contributed by atoms with Gasteiger partial charge in [-0.3, -0.25) is 10.1 Å². The Kier molecular flexibility index (Phi) is 4.77. The van der Waals surface area contributed by atoms with Crippen molar-refractivity contribution in [3.05, 3.63) is 52.5 Å². The van der Waals surface area contributed by atoms with Gasteiger partial charge < -0.3 is 9.84 Å². The van der Waals surface area contributed by atoms with Crippen molar-refractivity contribution in [1.82, 2.24) is 4.98 Å². The molecule has 1 heterocycles. The zero-order chi connectivity index (χ0) is 17.1. The lowest BCUT2D eigenvalue weighted by Gasteiger charge is -2.04. The van der Waals surface area contributed by atoms with E-state index in [9.17, 15) is 14.7 Å². The zero-order valence-electron chi connectivity index (χ0n) is 12.2. The second-order valence-electron chi connectivity index (χ2n) is 4.80. The molecule has 0 saturated carbocycles. The maximum absolute atomic E-state index is 11.9. The zero-order valence-corrected chi connectivity index (χ0v) is 14.6. The number of nitrogens with zero attached hydrogens (tertiary/aromatic N) is 1. The first-order valence-corrected chi connectivity index (χ1v) is 8.44. The smallest absolute Gasteiger partial charge is 0.338 e. The number of thiazole rings is 1. The first-order valence-electron chi connectivity index (χ1n) is 6.83. The molecule has 1 aromatic heterocycles. The number of rotatable bonds is 4. The van der Waals surface area contributed by atoms with Crippen LogP contribution in [0.1, 0.15) is 10.4 Å². The molecule has 1 amide bonds. The molecule has 3 aromatic rings. The van der Waals surface area contributed by atoms with E-state index in [1.165, 1.54) is 35.6 Å². The number of halogens is 1. The molecule has 0 bridgehead atoms. The van der Waals surface area contributed by atoms with Gasteiger partial charge in [0, 0.05) is 4.47 Å². The third kappa shape index (κ3) is 3.90. The average Bonchev–Trinajstić information content (AvgIpc) is 2.94. The van der Waals surface area contributed by atoms with Gasteiger partial charge in [-0.05, 0) is 42.5 Å². The van der Waals surface area contributed by atoms with E-state index in [2.05, 4.69) is 26.2 Å². The summed E-state index contributed by atoms with van der Waals surface area (Å²) < 4.78 is 6.79. The van der Waals surface area contributed by atoms with Crippen molar-refractivity contribution >= 4 is 54.5 Å². The molecule has 24 heavy (non-hydrogen) atoms. The lowest BCUT2D eigenvalue weighted by atomic mass is 10.2. The number of hydrogen-bond donors (Lipinski definition) is 2. The summed E-state index contributed by atoms with van der Waals surface area (Å²) in [5.41, 5.74) is 1.03. The number of aromatic hydroxyl groups is 1. The summed E-state index contributed by atoms with van der Waals surface area (Å²) in [6, 6.07) is 11.2. The molecule has 6 nitrogen and oxygen atoms in total. The monoisotopic (exact) mass is 406 g/mol. The second kappa shape index (κ2) is 6.98. The second-order valence-corrected chi connectivity index (χ2v) is 6.75. The van der Waals surface area contributed by atoms with Crippen molar-refractivity contribution in [3.8, 4) is 5.75 Å². The lowest BCUT2D eigenvalue weighted by molar-refractivity contribution is -0.119. The molecule has 2 aromatic carbocycles. The maximum atomic E-state index is 11.9. The number of esters is 1.